The number of esters is 1. The highest BCUT2D eigenvalue weighted by atomic mass is 16.5. The van der Waals surface area contributed by atoms with Gasteiger partial charge in [-0.3, -0.25) is 4.79 Å². The summed E-state index contributed by atoms with van der Waals surface area (Å²) in [5.41, 5.74) is 0.0834. The van der Waals surface area contributed by atoms with Gasteiger partial charge in [0.05, 0.1) is 6.42 Å². The number of ketones is 1. The van der Waals surface area contributed by atoms with E-state index in [-0.39, 0.29) is 36.1 Å². The molecular weight excluding hydrogens is 204 g/mol. The molecular formula is C13H22O3. The molecule has 0 aromatic rings. The average molecular weight is 226 g/mol. The van der Waals surface area contributed by atoms with Crippen LogP contribution in [-0.4, -0.2) is 17.9 Å². The largest absolute Gasteiger partial charge is 0.458 e. The van der Waals surface area contributed by atoms with Crippen LogP contribution in [0.25, 0.3) is 0 Å². The number of hydrogen-bond acceptors (Lipinski definition) is 3. The van der Waals surface area contributed by atoms with Crippen molar-refractivity contribution in [1.29, 1.82) is 0 Å². The van der Waals surface area contributed by atoms with Gasteiger partial charge in [-0.15, -0.1) is 0 Å². The van der Waals surface area contributed by atoms with Crippen LogP contribution in [0.5, 0.6) is 0 Å². The highest BCUT2D eigenvalue weighted by Crippen LogP contribution is 2.15. The lowest BCUT2D eigenvalue weighted by molar-refractivity contribution is -0.147. The molecule has 3 heteroatoms. The molecule has 0 aliphatic heterocycles. The number of rotatable bonds is 5. The van der Waals surface area contributed by atoms with E-state index in [1.165, 1.54) is 6.92 Å². The highest BCUT2D eigenvalue weighted by Gasteiger charge is 2.10. The molecule has 1 atom stereocenters. The Hall–Kier alpha value is -1.12. The molecule has 0 saturated carbocycles. The van der Waals surface area contributed by atoms with Crippen LogP contribution in [0.1, 0.15) is 47.5 Å². The van der Waals surface area contributed by atoms with Crippen LogP contribution < -0.4 is 0 Å². The fraction of sp³-hybridized carbons (Fsp3) is 0.692. The summed E-state index contributed by atoms with van der Waals surface area (Å²) in [6.45, 7) is 9.51. The van der Waals surface area contributed by atoms with Gasteiger partial charge in [0.2, 0.25) is 0 Å². The van der Waals surface area contributed by atoms with Crippen molar-refractivity contribution in [3.05, 3.63) is 12.2 Å². The van der Waals surface area contributed by atoms with E-state index in [0.29, 0.717) is 0 Å². The van der Waals surface area contributed by atoms with Crippen molar-refractivity contribution in [2.24, 2.45) is 5.41 Å². The topological polar surface area (TPSA) is 43.4 Å². The smallest absolute Gasteiger partial charge is 0.306 e. The SMILES string of the molecule is CC(=O)CCC(=O)OC(C)/C=C/C(C)(C)C. The van der Waals surface area contributed by atoms with Gasteiger partial charge in [0, 0.05) is 6.42 Å². The summed E-state index contributed by atoms with van der Waals surface area (Å²) in [5, 5.41) is 0. The normalized spacial score (nSPS) is 13.8. The number of carbonyl (C=O) groups is 2. The molecule has 0 aliphatic carbocycles. The first-order chi connectivity index (χ1) is 7.20. The number of carbonyl (C=O) groups excluding carboxylic acids is 2. The molecule has 0 aromatic carbocycles. The predicted octanol–water partition coefficient (Wildman–Crippen LogP) is 2.89. The molecule has 0 radical (unpaired) electrons. The van der Waals surface area contributed by atoms with Crippen molar-refractivity contribution in [1.82, 2.24) is 0 Å². The minimum absolute atomic E-state index is 0.00911. The van der Waals surface area contributed by atoms with Crippen LogP contribution in [0.3, 0.4) is 0 Å². The second-order valence-corrected chi connectivity index (χ2v) is 5.12. The molecule has 0 fully saturated rings. The first-order valence-electron chi connectivity index (χ1n) is 5.59. The zero-order chi connectivity index (χ0) is 12.8. The minimum Gasteiger partial charge on any atom is -0.458 e. The van der Waals surface area contributed by atoms with Crippen LogP contribution in [0.2, 0.25) is 0 Å². The molecule has 0 aromatic heterocycles. The first kappa shape index (κ1) is 14.9. The standard InChI is InChI=1S/C13H22O3/c1-10(14)6-7-12(15)16-11(2)8-9-13(3,4)5/h8-9,11H,6-7H2,1-5H3/b9-8+. The molecule has 1 unspecified atom stereocenters. The Kier molecular flexibility index (Phi) is 6.01. The lowest BCUT2D eigenvalue weighted by Gasteiger charge is -2.14. The van der Waals surface area contributed by atoms with E-state index in [1.54, 1.807) is 0 Å². The van der Waals surface area contributed by atoms with Crippen LogP contribution in [0, 0.1) is 5.41 Å². The lowest BCUT2D eigenvalue weighted by atomic mass is 9.96. The molecule has 16 heavy (non-hydrogen) atoms. The van der Waals surface area contributed by atoms with E-state index >= 15 is 0 Å². The Balaban J connectivity index is 3.96. The maximum atomic E-state index is 11.3. The van der Waals surface area contributed by atoms with Gasteiger partial charge < -0.3 is 9.53 Å². The average Bonchev–Trinajstić information content (AvgIpc) is 2.10. The minimum atomic E-state index is -0.318. The van der Waals surface area contributed by atoms with Gasteiger partial charge in [-0.2, -0.15) is 0 Å². The van der Waals surface area contributed by atoms with Crippen LogP contribution in [-0.2, 0) is 14.3 Å². The van der Waals surface area contributed by atoms with Crippen molar-refractivity contribution in [2.75, 3.05) is 0 Å². The number of ether oxygens (including phenoxy) is 1. The fourth-order valence-corrected chi connectivity index (χ4v) is 1.01. The number of hydrogen-bond donors (Lipinski definition) is 0. The second-order valence-electron chi connectivity index (χ2n) is 5.12. The lowest BCUT2D eigenvalue weighted by Crippen LogP contribution is -2.14. The quantitative estimate of drug-likeness (QED) is 0.534. The van der Waals surface area contributed by atoms with Crippen molar-refractivity contribution >= 4 is 11.8 Å². The van der Waals surface area contributed by atoms with Gasteiger partial charge in [0.25, 0.3) is 0 Å². The Morgan fingerprint density at radius 3 is 2.25 bits per heavy atom. The molecule has 0 spiro atoms. The first-order valence-corrected chi connectivity index (χ1v) is 5.59. The maximum absolute atomic E-state index is 11.3. The third-order valence-corrected chi connectivity index (χ3v) is 1.87. The van der Waals surface area contributed by atoms with E-state index in [9.17, 15) is 9.59 Å². The summed E-state index contributed by atoms with van der Waals surface area (Å²) < 4.78 is 5.12. The van der Waals surface area contributed by atoms with Crippen molar-refractivity contribution in [3.63, 3.8) is 0 Å². The Bertz CT molecular complexity index is 271. The zero-order valence-corrected chi connectivity index (χ0v) is 10.9. The van der Waals surface area contributed by atoms with Crippen molar-refractivity contribution < 1.29 is 14.3 Å². The number of Topliss-reactive ketones (excluding diaryl/α,β-unsaturated/α-hetero) is 1. The van der Waals surface area contributed by atoms with Crippen molar-refractivity contribution in [2.45, 2.75) is 53.6 Å². The van der Waals surface area contributed by atoms with Gasteiger partial charge >= 0.3 is 5.97 Å². The van der Waals surface area contributed by atoms with Crippen LogP contribution >= 0.6 is 0 Å². The predicted molar refractivity (Wildman–Crippen MR) is 64.1 cm³/mol. The molecule has 0 heterocycles. The summed E-state index contributed by atoms with van der Waals surface area (Å²) in [6, 6.07) is 0. The van der Waals surface area contributed by atoms with E-state index in [0.717, 1.165) is 0 Å². The third kappa shape index (κ3) is 9.44. The Morgan fingerprint density at radius 1 is 1.25 bits per heavy atom. The maximum Gasteiger partial charge on any atom is 0.306 e. The third-order valence-electron chi connectivity index (χ3n) is 1.87. The van der Waals surface area contributed by atoms with Crippen LogP contribution in [0.4, 0.5) is 0 Å². The van der Waals surface area contributed by atoms with Gasteiger partial charge in [-0.25, -0.2) is 0 Å². The summed E-state index contributed by atoms with van der Waals surface area (Å²) in [6.07, 6.45) is 4.07. The van der Waals surface area contributed by atoms with Crippen LogP contribution in [0.15, 0.2) is 12.2 Å². The molecule has 92 valence electrons. The van der Waals surface area contributed by atoms with E-state index < -0.39 is 0 Å². The van der Waals surface area contributed by atoms with Gasteiger partial charge in [0.15, 0.2) is 0 Å². The zero-order valence-electron chi connectivity index (χ0n) is 10.9. The molecule has 0 N–H and O–H groups in total. The summed E-state index contributed by atoms with van der Waals surface area (Å²) in [5.74, 6) is -0.309. The highest BCUT2D eigenvalue weighted by molar-refractivity contribution is 5.81. The molecule has 0 saturated heterocycles. The summed E-state index contributed by atoms with van der Waals surface area (Å²) in [4.78, 5) is 21.9. The van der Waals surface area contributed by atoms with E-state index in [1.807, 2.05) is 19.1 Å². The molecule has 0 aliphatic rings. The molecule has 3 nitrogen and oxygen atoms in total. The van der Waals surface area contributed by atoms with Gasteiger partial charge in [-0.05, 0) is 25.3 Å². The summed E-state index contributed by atoms with van der Waals surface area (Å²) >= 11 is 0. The Morgan fingerprint density at radius 2 is 1.81 bits per heavy atom. The molecule has 0 amide bonds. The van der Waals surface area contributed by atoms with Gasteiger partial charge in [0.1, 0.15) is 11.9 Å². The van der Waals surface area contributed by atoms with Crippen molar-refractivity contribution in [3.8, 4) is 0 Å². The van der Waals surface area contributed by atoms with Gasteiger partial charge in [-0.1, -0.05) is 26.8 Å². The number of allylic oxidation sites excluding steroid dienone is 1. The van der Waals surface area contributed by atoms with E-state index in [2.05, 4.69) is 20.8 Å². The molecule has 0 bridgehead atoms. The molecule has 0 rings (SSSR count). The monoisotopic (exact) mass is 226 g/mol. The second kappa shape index (κ2) is 6.46. The fourth-order valence-electron chi connectivity index (χ4n) is 1.01. The van der Waals surface area contributed by atoms with E-state index in [4.69, 9.17) is 4.74 Å². The Labute approximate surface area is 97.9 Å². The summed E-state index contributed by atoms with van der Waals surface area (Å²) in [7, 11) is 0.